The molecule has 0 atom stereocenters. The van der Waals surface area contributed by atoms with Crippen LogP contribution in [0, 0.1) is 6.92 Å². The Morgan fingerprint density at radius 3 is 3.00 bits per heavy atom. The number of likely N-dealkylation sites (N-methyl/N-ethyl adjacent to an activating group) is 1. The van der Waals surface area contributed by atoms with Crippen LogP contribution < -0.4 is 0 Å². The summed E-state index contributed by atoms with van der Waals surface area (Å²) >= 11 is 0. The number of fused-ring (bicyclic) bond motifs is 1. The van der Waals surface area contributed by atoms with E-state index < -0.39 is 0 Å². The van der Waals surface area contributed by atoms with Crippen molar-refractivity contribution in [1.82, 2.24) is 14.5 Å². The third-order valence-electron chi connectivity index (χ3n) is 2.42. The van der Waals surface area contributed by atoms with Gasteiger partial charge in [-0.2, -0.15) is 0 Å². The minimum atomic E-state index is 1.09. The van der Waals surface area contributed by atoms with E-state index in [1.807, 2.05) is 0 Å². The number of hydrogen-bond acceptors (Lipinski definition) is 2. The zero-order chi connectivity index (χ0) is 8.55. The van der Waals surface area contributed by atoms with Crippen LogP contribution in [-0.4, -0.2) is 34.6 Å². The maximum Gasteiger partial charge on any atom is 0.110 e. The van der Waals surface area contributed by atoms with E-state index in [4.69, 9.17) is 0 Å². The van der Waals surface area contributed by atoms with Crippen molar-refractivity contribution < 1.29 is 0 Å². The van der Waals surface area contributed by atoms with E-state index in [1.54, 1.807) is 0 Å². The maximum absolute atomic E-state index is 4.48. The maximum atomic E-state index is 4.48. The van der Waals surface area contributed by atoms with Crippen LogP contribution >= 0.6 is 0 Å². The number of rotatable bonds is 0. The Hall–Kier alpha value is -0.830. The number of aromatic nitrogens is 2. The predicted octanol–water partition coefficient (Wildman–Crippen LogP) is 0.679. The van der Waals surface area contributed by atoms with Crippen molar-refractivity contribution in [3.05, 3.63) is 17.7 Å². The van der Waals surface area contributed by atoms with Crippen molar-refractivity contribution in [1.29, 1.82) is 0 Å². The molecular formula is C9H15N3. The lowest BCUT2D eigenvalue weighted by Gasteiger charge is -2.10. The van der Waals surface area contributed by atoms with E-state index in [0.717, 1.165) is 31.7 Å². The van der Waals surface area contributed by atoms with E-state index in [1.165, 1.54) is 5.82 Å². The summed E-state index contributed by atoms with van der Waals surface area (Å²) in [6.07, 6.45) is 3.23. The molecule has 0 bridgehead atoms. The number of hydrogen-bond donors (Lipinski definition) is 0. The Bertz CT molecular complexity index is 252. The van der Waals surface area contributed by atoms with E-state index in [-0.39, 0.29) is 0 Å². The van der Waals surface area contributed by atoms with E-state index in [0.29, 0.717) is 0 Å². The second kappa shape index (κ2) is 2.90. The lowest BCUT2D eigenvalue weighted by atomic mass is 10.4. The zero-order valence-corrected chi connectivity index (χ0v) is 7.75. The molecule has 0 aliphatic carbocycles. The van der Waals surface area contributed by atoms with Crippen LogP contribution in [0.25, 0.3) is 0 Å². The molecule has 0 amide bonds. The van der Waals surface area contributed by atoms with E-state index in [2.05, 4.69) is 34.6 Å². The average Bonchev–Trinajstić information content (AvgIpc) is 2.31. The number of aryl methyl sites for hydroxylation is 1. The van der Waals surface area contributed by atoms with E-state index >= 15 is 0 Å². The quantitative estimate of drug-likeness (QED) is 0.563. The van der Waals surface area contributed by atoms with Gasteiger partial charge in [0.15, 0.2) is 0 Å². The summed E-state index contributed by atoms with van der Waals surface area (Å²) in [4.78, 5) is 6.83. The lowest BCUT2D eigenvalue weighted by Crippen LogP contribution is -2.21. The molecule has 0 radical (unpaired) electrons. The third kappa shape index (κ3) is 1.37. The van der Waals surface area contributed by atoms with Crippen molar-refractivity contribution in [3.8, 4) is 0 Å². The molecule has 66 valence electrons. The number of imidazole rings is 1. The molecule has 0 aromatic carbocycles. The summed E-state index contributed by atoms with van der Waals surface area (Å²) in [7, 11) is 2.17. The Morgan fingerprint density at radius 2 is 2.17 bits per heavy atom. The largest absolute Gasteiger partial charge is 0.333 e. The minimum Gasteiger partial charge on any atom is -0.333 e. The molecule has 12 heavy (non-hydrogen) atoms. The topological polar surface area (TPSA) is 21.1 Å². The molecule has 1 aromatic heterocycles. The van der Waals surface area contributed by atoms with Crippen LogP contribution in [0.15, 0.2) is 6.20 Å². The third-order valence-corrected chi connectivity index (χ3v) is 2.42. The van der Waals surface area contributed by atoms with Crippen molar-refractivity contribution in [2.75, 3.05) is 20.1 Å². The first-order chi connectivity index (χ1) is 5.75. The van der Waals surface area contributed by atoms with Crippen LogP contribution in [0.1, 0.15) is 11.5 Å². The number of nitrogens with zero attached hydrogens (tertiary/aromatic N) is 3. The Labute approximate surface area is 73.0 Å². The van der Waals surface area contributed by atoms with Crippen LogP contribution in [0.4, 0.5) is 0 Å². The van der Waals surface area contributed by atoms with Crippen LogP contribution in [0.2, 0.25) is 0 Å². The van der Waals surface area contributed by atoms with Gasteiger partial charge in [-0.15, -0.1) is 0 Å². The fourth-order valence-corrected chi connectivity index (χ4v) is 1.67. The van der Waals surface area contributed by atoms with Gasteiger partial charge in [-0.3, -0.25) is 0 Å². The average molecular weight is 165 g/mol. The van der Waals surface area contributed by atoms with Gasteiger partial charge in [0.2, 0.25) is 0 Å². The highest BCUT2D eigenvalue weighted by molar-refractivity contribution is 5.03. The van der Waals surface area contributed by atoms with Crippen molar-refractivity contribution in [2.45, 2.75) is 19.9 Å². The van der Waals surface area contributed by atoms with Gasteiger partial charge in [-0.1, -0.05) is 0 Å². The molecular weight excluding hydrogens is 150 g/mol. The molecule has 0 N–H and O–H groups in total. The zero-order valence-electron chi connectivity index (χ0n) is 7.75. The standard InChI is InChI=1S/C9H15N3/c1-8-7-12-6-5-11(2)4-3-9(12)10-8/h7H,3-6H2,1-2H3. The van der Waals surface area contributed by atoms with Gasteiger partial charge in [-0.25, -0.2) is 4.98 Å². The Kier molecular flexibility index (Phi) is 1.89. The molecule has 1 aromatic rings. The molecule has 1 aliphatic heterocycles. The van der Waals surface area contributed by atoms with Gasteiger partial charge in [0.1, 0.15) is 5.82 Å². The first-order valence-corrected chi connectivity index (χ1v) is 4.47. The molecule has 3 heteroatoms. The molecule has 2 heterocycles. The summed E-state index contributed by atoms with van der Waals surface area (Å²) in [5.41, 5.74) is 1.15. The second-order valence-electron chi connectivity index (χ2n) is 3.55. The van der Waals surface area contributed by atoms with Crippen molar-refractivity contribution in [2.24, 2.45) is 0 Å². The fraction of sp³-hybridized carbons (Fsp3) is 0.667. The normalized spacial score (nSPS) is 18.8. The first-order valence-electron chi connectivity index (χ1n) is 4.47. The van der Waals surface area contributed by atoms with Gasteiger partial charge in [0.25, 0.3) is 0 Å². The minimum absolute atomic E-state index is 1.09. The van der Waals surface area contributed by atoms with Crippen LogP contribution in [-0.2, 0) is 13.0 Å². The molecule has 0 saturated carbocycles. The molecule has 0 spiro atoms. The summed E-state index contributed by atoms with van der Waals surface area (Å²) in [5.74, 6) is 1.25. The molecule has 3 nitrogen and oxygen atoms in total. The van der Waals surface area contributed by atoms with Crippen molar-refractivity contribution >= 4 is 0 Å². The second-order valence-corrected chi connectivity index (χ2v) is 3.55. The molecule has 2 rings (SSSR count). The van der Waals surface area contributed by atoms with Gasteiger partial charge < -0.3 is 9.47 Å². The fourth-order valence-electron chi connectivity index (χ4n) is 1.67. The van der Waals surface area contributed by atoms with Gasteiger partial charge in [0.05, 0.1) is 5.69 Å². The Morgan fingerprint density at radius 1 is 1.33 bits per heavy atom. The summed E-state index contributed by atoms with van der Waals surface area (Å²) in [5, 5.41) is 0. The summed E-state index contributed by atoms with van der Waals surface area (Å²) in [6, 6.07) is 0. The lowest BCUT2D eigenvalue weighted by molar-refractivity contribution is 0.341. The SMILES string of the molecule is Cc1cn2c(n1)CCN(C)CC2. The highest BCUT2D eigenvalue weighted by Gasteiger charge is 2.11. The van der Waals surface area contributed by atoms with Crippen LogP contribution in [0.5, 0.6) is 0 Å². The van der Waals surface area contributed by atoms with E-state index in [9.17, 15) is 0 Å². The smallest absolute Gasteiger partial charge is 0.110 e. The van der Waals surface area contributed by atoms with Gasteiger partial charge in [0, 0.05) is 32.3 Å². The Balaban J connectivity index is 2.24. The predicted molar refractivity (Wildman–Crippen MR) is 48.2 cm³/mol. The van der Waals surface area contributed by atoms with Crippen LogP contribution in [0.3, 0.4) is 0 Å². The highest BCUT2D eigenvalue weighted by atomic mass is 15.2. The van der Waals surface area contributed by atoms with Gasteiger partial charge >= 0.3 is 0 Å². The summed E-state index contributed by atoms with van der Waals surface area (Å²) in [6.45, 7) is 5.43. The molecule has 1 aliphatic rings. The molecule has 0 fully saturated rings. The summed E-state index contributed by atoms with van der Waals surface area (Å²) < 4.78 is 2.28. The molecule has 0 unspecified atom stereocenters. The molecule has 0 saturated heterocycles. The van der Waals surface area contributed by atoms with Gasteiger partial charge in [-0.05, 0) is 14.0 Å². The first kappa shape index (κ1) is 7.80. The highest BCUT2D eigenvalue weighted by Crippen LogP contribution is 2.07. The monoisotopic (exact) mass is 165 g/mol. The van der Waals surface area contributed by atoms with Crippen molar-refractivity contribution in [3.63, 3.8) is 0 Å².